The summed E-state index contributed by atoms with van der Waals surface area (Å²) in [5.41, 5.74) is -2.39. The molecule has 0 fully saturated rings. The van der Waals surface area contributed by atoms with Crippen molar-refractivity contribution in [3.05, 3.63) is 29.3 Å². The first kappa shape index (κ1) is 30.8. The molecule has 1 rings (SSSR count). The minimum absolute atomic E-state index is 0.00640. The number of amides is 2. The molecular formula is C26H39F5N2O2. The van der Waals surface area contributed by atoms with E-state index in [1.165, 1.54) is 0 Å². The normalized spacial score (nSPS) is 13.9. The molecule has 0 heterocycles. The van der Waals surface area contributed by atoms with Gasteiger partial charge in [0.05, 0.1) is 5.56 Å². The Hall–Kier alpha value is -2.19. The van der Waals surface area contributed by atoms with E-state index in [-0.39, 0.29) is 29.9 Å². The van der Waals surface area contributed by atoms with Gasteiger partial charge in [0, 0.05) is 43.6 Å². The number of hydrogen-bond acceptors (Lipinski definition) is 2. The fourth-order valence-corrected chi connectivity index (χ4v) is 3.95. The molecular weight excluding hydrogens is 467 g/mol. The first-order chi connectivity index (χ1) is 16.2. The first-order valence-corrected chi connectivity index (χ1v) is 12.4. The molecule has 0 aliphatic heterocycles. The lowest BCUT2D eigenvalue weighted by Gasteiger charge is -2.27. The largest absolute Gasteiger partial charge is 0.416 e. The van der Waals surface area contributed by atoms with Gasteiger partial charge in [0.1, 0.15) is 0 Å². The molecule has 9 heteroatoms. The quantitative estimate of drug-likeness (QED) is 0.208. The highest BCUT2D eigenvalue weighted by Gasteiger charge is 2.34. The Morgan fingerprint density at radius 1 is 0.971 bits per heavy atom. The van der Waals surface area contributed by atoms with Gasteiger partial charge in [-0.15, -0.1) is 0 Å². The molecule has 4 nitrogen and oxygen atoms in total. The molecule has 0 spiro atoms. The van der Waals surface area contributed by atoms with Gasteiger partial charge in [-0.1, -0.05) is 40.0 Å². The van der Waals surface area contributed by atoms with Crippen LogP contribution in [0.25, 0.3) is 0 Å². The summed E-state index contributed by atoms with van der Waals surface area (Å²) in [7, 11) is 0. The molecule has 0 aliphatic carbocycles. The van der Waals surface area contributed by atoms with Gasteiger partial charge in [0.15, 0.2) is 0 Å². The van der Waals surface area contributed by atoms with Crippen molar-refractivity contribution in [2.24, 2.45) is 11.8 Å². The number of unbranched alkanes of at least 4 members (excludes halogenated alkanes) is 2. The average molecular weight is 507 g/mol. The number of hydrogen-bond donors (Lipinski definition) is 1. The molecule has 0 radical (unpaired) electrons. The van der Waals surface area contributed by atoms with Crippen molar-refractivity contribution in [1.29, 1.82) is 0 Å². The lowest BCUT2D eigenvalue weighted by molar-refractivity contribution is -0.138. The summed E-state index contributed by atoms with van der Waals surface area (Å²) >= 11 is 0. The first-order valence-electron chi connectivity index (χ1n) is 12.4. The van der Waals surface area contributed by atoms with Crippen molar-refractivity contribution in [2.45, 2.75) is 91.7 Å². The summed E-state index contributed by atoms with van der Waals surface area (Å²) < 4.78 is 66.8. The maximum atomic E-state index is 13.7. The van der Waals surface area contributed by atoms with Gasteiger partial charge in [-0.05, 0) is 50.3 Å². The summed E-state index contributed by atoms with van der Waals surface area (Å²) in [6, 6.07) is 1.90. The minimum Gasteiger partial charge on any atom is -0.343 e. The van der Waals surface area contributed by atoms with Crippen LogP contribution in [0.1, 0.15) is 90.7 Å². The van der Waals surface area contributed by atoms with Gasteiger partial charge in [0.25, 0.3) is 5.92 Å². The Labute approximate surface area is 205 Å². The predicted molar refractivity (Wildman–Crippen MR) is 128 cm³/mol. The maximum Gasteiger partial charge on any atom is 0.416 e. The van der Waals surface area contributed by atoms with Gasteiger partial charge < -0.3 is 10.2 Å². The predicted octanol–water partition coefficient (Wildman–Crippen LogP) is 7.63. The van der Waals surface area contributed by atoms with E-state index in [0.29, 0.717) is 38.6 Å². The molecule has 35 heavy (non-hydrogen) atoms. The van der Waals surface area contributed by atoms with Crippen LogP contribution in [0.5, 0.6) is 0 Å². The Kier molecular flexibility index (Phi) is 12.1. The third-order valence-corrected chi connectivity index (χ3v) is 6.17. The van der Waals surface area contributed by atoms with E-state index < -0.39 is 29.1 Å². The van der Waals surface area contributed by atoms with Crippen LogP contribution < -0.4 is 5.32 Å². The second-order valence-corrected chi connectivity index (χ2v) is 9.35. The molecule has 1 aromatic carbocycles. The standard InChI is InChI=1S/C26H39F5N2O2/c1-6-9-10-11-19(7-2)24(35)33(8-3)13-12-18(4)14-23(34)32-22-16-20(25(5,27)28)15-21(17-22)26(29,30)31/h15-19H,6-14H2,1-5H3,(H,32,34). The van der Waals surface area contributed by atoms with E-state index >= 15 is 0 Å². The van der Waals surface area contributed by atoms with Gasteiger partial charge in [-0.25, -0.2) is 8.78 Å². The molecule has 2 amide bonds. The van der Waals surface area contributed by atoms with Crippen molar-refractivity contribution >= 4 is 17.5 Å². The maximum absolute atomic E-state index is 13.7. The summed E-state index contributed by atoms with van der Waals surface area (Å²) in [5, 5.41) is 2.33. The second kappa shape index (κ2) is 13.8. The smallest absolute Gasteiger partial charge is 0.343 e. The van der Waals surface area contributed by atoms with Crippen LogP contribution in [0.2, 0.25) is 0 Å². The van der Waals surface area contributed by atoms with E-state index in [1.807, 2.05) is 20.8 Å². The average Bonchev–Trinajstić information content (AvgIpc) is 2.75. The topological polar surface area (TPSA) is 49.4 Å². The van der Waals surface area contributed by atoms with E-state index in [0.717, 1.165) is 38.2 Å². The zero-order valence-electron chi connectivity index (χ0n) is 21.4. The summed E-state index contributed by atoms with van der Waals surface area (Å²) in [5.74, 6) is -4.12. The van der Waals surface area contributed by atoms with Crippen LogP contribution in [0.3, 0.4) is 0 Å². The van der Waals surface area contributed by atoms with Gasteiger partial charge in [-0.3, -0.25) is 9.59 Å². The highest BCUT2D eigenvalue weighted by molar-refractivity contribution is 5.91. The lowest BCUT2D eigenvalue weighted by Crippen LogP contribution is -2.37. The summed E-state index contributed by atoms with van der Waals surface area (Å²) in [6.07, 6.45) is 0.524. The molecule has 0 saturated heterocycles. The monoisotopic (exact) mass is 506 g/mol. The number of rotatable bonds is 14. The third-order valence-electron chi connectivity index (χ3n) is 6.17. The Balaban J connectivity index is 2.75. The van der Waals surface area contributed by atoms with Gasteiger partial charge >= 0.3 is 6.18 Å². The molecule has 1 N–H and O–H groups in total. The highest BCUT2D eigenvalue weighted by atomic mass is 19.4. The van der Waals surface area contributed by atoms with Crippen LogP contribution >= 0.6 is 0 Å². The number of anilines is 1. The van der Waals surface area contributed by atoms with E-state index in [1.54, 1.807) is 4.90 Å². The molecule has 0 saturated carbocycles. The van der Waals surface area contributed by atoms with Crippen molar-refractivity contribution in [2.75, 3.05) is 18.4 Å². The van der Waals surface area contributed by atoms with Crippen molar-refractivity contribution in [1.82, 2.24) is 4.90 Å². The number of benzene rings is 1. The van der Waals surface area contributed by atoms with Crippen LogP contribution in [-0.4, -0.2) is 29.8 Å². The number of halogens is 5. The molecule has 200 valence electrons. The zero-order valence-corrected chi connectivity index (χ0v) is 21.4. The number of nitrogens with zero attached hydrogens (tertiary/aromatic N) is 1. The Bertz CT molecular complexity index is 789. The zero-order chi connectivity index (χ0) is 26.8. The fourth-order valence-electron chi connectivity index (χ4n) is 3.95. The number of carbonyl (C=O) groups is 2. The molecule has 2 unspecified atom stereocenters. The lowest BCUT2D eigenvalue weighted by atomic mass is 9.96. The highest BCUT2D eigenvalue weighted by Crippen LogP contribution is 2.36. The van der Waals surface area contributed by atoms with Crippen LogP contribution in [-0.2, 0) is 21.7 Å². The molecule has 2 atom stereocenters. The number of alkyl halides is 5. The summed E-state index contributed by atoms with van der Waals surface area (Å²) in [4.78, 5) is 27.1. The van der Waals surface area contributed by atoms with Crippen molar-refractivity contribution in [3.63, 3.8) is 0 Å². The molecule has 1 aromatic rings. The third kappa shape index (κ3) is 10.5. The Morgan fingerprint density at radius 2 is 1.60 bits per heavy atom. The SMILES string of the molecule is CCCCCC(CC)C(=O)N(CC)CCC(C)CC(=O)Nc1cc(C(C)(F)F)cc(C(F)(F)F)c1. The van der Waals surface area contributed by atoms with E-state index in [9.17, 15) is 31.5 Å². The number of nitrogens with one attached hydrogen (secondary N) is 1. The fraction of sp³-hybridized carbons (Fsp3) is 0.692. The minimum atomic E-state index is -4.82. The van der Waals surface area contributed by atoms with E-state index in [2.05, 4.69) is 12.2 Å². The van der Waals surface area contributed by atoms with E-state index in [4.69, 9.17) is 0 Å². The summed E-state index contributed by atoms with van der Waals surface area (Å²) in [6.45, 7) is 9.37. The molecule has 0 aliphatic rings. The van der Waals surface area contributed by atoms with Crippen LogP contribution in [0.4, 0.5) is 27.6 Å². The van der Waals surface area contributed by atoms with Gasteiger partial charge in [0.2, 0.25) is 11.8 Å². The van der Waals surface area contributed by atoms with Gasteiger partial charge in [-0.2, -0.15) is 13.2 Å². The van der Waals surface area contributed by atoms with Crippen LogP contribution in [0, 0.1) is 11.8 Å². The Morgan fingerprint density at radius 3 is 2.11 bits per heavy atom. The molecule has 0 aromatic heterocycles. The second-order valence-electron chi connectivity index (χ2n) is 9.35. The van der Waals surface area contributed by atoms with Crippen LogP contribution in [0.15, 0.2) is 18.2 Å². The van der Waals surface area contributed by atoms with Crippen molar-refractivity contribution < 1.29 is 31.5 Å². The van der Waals surface area contributed by atoms with Crippen molar-refractivity contribution in [3.8, 4) is 0 Å². The number of carbonyl (C=O) groups excluding carboxylic acids is 2. The molecule has 0 bridgehead atoms.